The Balaban J connectivity index is 2.60. The van der Waals surface area contributed by atoms with E-state index >= 15 is 0 Å². The van der Waals surface area contributed by atoms with Crippen molar-refractivity contribution in [2.75, 3.05) is 13.7 Å². The minimum absolute atomic E-state index is 0.236. The standard InChI is InChI=1S/C15H18BrFO2/c1-9(18-4)14(16)12-8-11(17)7-10-5-6-19-15(2,3)13(10)12/h7-8,14H,1,5-6H2,2-4H3. The number of alkyl halides is 1. The molecule has 0 bridgehead atoms. The van der Waals surface area contributed by atoms with Gasteiger partial charge in [0.25, 0.3) is 0 Å². The molecule has 19 heavy (non-hydrogen) atoms. The first kappa shape index (κ1) is 14.5. The van der Waals surface area contributed by atoms with Crippen molar-refractivity contribution in [3.63, 3.8) is 0 Å². The van der Waals surface area contributed by atoms with Gasteiger partial charge in [-0.05, 0) is 49.1 Å². The minimum atomic E-state index is -0.434. The summed E-state index contributed by atoms with van der Waals surface area (Å²) in [5.74, 6) is 0.314. The molecule has 1 aromatic carbocycles. The molecule has 0 amide bonds. The van der Waals surface area contributed by atoms with E-state index in [1.54, 1.807) is 13.2 Å². The summed E-state index contributed by atoms with van der Waals surface area (Å²) in [5, 5.41) is 0. The average molecular weight is 329 g/mol. The Bertz CT molecular complexity index is 511. The van der Waals surface area contributed by atoms with Crippen LogP contribution in [0.5, 0.6) is 0 Å². The molecule has 0 radical (unpaired) electrons. The van der Waals surface area contributed by atoms with E-state index in [0.29, 0.717) is 12.4 Å². The number of halogens is 2. The quantitative estimate of drug-likeness (QED) is 0.610. The van der Waals surface area contributed by atoms with Crippen molar-refractivity contribution in [3.8, 4) is 0 Å². The Kier molecular flexibility index (Phi) is 4.02. The van der Waals surface area contributed by atoms with Crippen LogP contribution in [0.3, 0.4) is 0 Å². The van der Waals surface area contributed by atoms with Crippen LogP contribution in [-0.4, -0.2) is 13.7 Å². The van der Waals surface area contributed by atoms with E-state index in [0.717, 1.165) is 23.1 Å². The lowest BCUT2D eigenvalue weighted by molar-refractivity contribution is -0.0323. The van der Waals surface area contributed by atoms with Crippen molar-refractivity contribution in [2.24, 2.45) is 0 Å². The fourth-order valence-corrected chi connectivity index (χ4v) is 3.13. The van der Waals surface area contributed by atoms with Gasteiger partial charge in [0, 0.05) is 0 Å². The summed E-state index contributed by atoms with van der Waals surface area (Å²) in [6.07, 6.45) is 0.725. The summed E-state index contributed by atoms with van der Waals surface area (Å²) in [7, 11) is 1.56. The van der Waals surface area contributed by atoms with E-state index in [4.69, 9.17) is 9.47 Å². The van der Waals surface area contributed by atoms with Crippen molar-refractivity contribution in [1.29, 1.82) is 0 Å². The topological polar surface area (TPSA) is 18.5 Å². The van der Waals surface area contributed by atoms with Gasteiger partial charge in [0.2, 0.25) is 0 Å². The van der Waals surface area contributed by atoms with E-state index in [-0.39, 0.29) is 10.6 Å². The summed E-state index contributed by atoms with van der Waals surface area (Å²) < 4.78 is 24.8. The Labute approximate surface area is 121 Å². The highest BCUT2D eigenvalue weighted by molar-refractivity contribution is 9.09. The van der Waals surface area contributed by atoms with Crippen LogP contribution in [0.4, 0.5) is 4.39 Å². The highest BCUT2D eigenvalue weighted by Crippen LogP contribution is 2.42. The highest BCUT2D eigenvalue weighted by atomic mass is 79.9. The van der Waals surface area contributed by atoms with Gasteiger partial charge in [-0.3, -0.25) is 0 Å². The molecule has 0 saturated carbocycles. The fourth-order valence-electron chi connectivity index (χ4n) is 2.58. The Morgan fingerprint density at radius 2 is 2.21 bits per heavy atom. The Hall–Kier alpha value is -0.870. The molecule has 0 spiro atoms. The lowest BCUT2D eigenvalue weighted by Crippen LogP contribution is -2.31. The maximum atomic E-state index is 13.8. The molecule has 0 saturated heterocycles. The first-order valence-corrected chi connectivity index (χ1v) is 7.12. The number of hydrogen-bond acceptors (Lipinski definition) is 2. The molecule has 0 aliphatic carbocycles. The molecule has 1 aliphatic heterocycles. The average Bonchev–Trinajstić information content (AvgIpc) is 2.35. The van der Waals surface area contributed by atoms with Crippen LogP contribution in [0.2, 0.25) is 0 Å². The van der Waals surface area contributed by atoms with Gasteiger partial charge >= 0.3 is 0 Å². The molecular formula is C15H18BrFO2. The molecule has 1 atom stereocenters. The van der Waals surface area contributed by atoms with Gasteiger partial charge < -0.3 is 9.47 Å². The molecule has 0 fully saturated rings. The number of benzene rings is 1. The zero-order valence-electron chi connectivity index (χ0n) is 11.4. The first-order chi connectivity index (χ1) is 8.86. The number of rotatable bonds is 3. The molecule has 2 nitrogen and oxygen atoms in total. The summed E-state index contributed by atoms with van der Waals surface area (Å²) in [5.41, 5.74) is 2.42. The summed E-state index contributed by atoms with van der Waals surface area (Å²) in [4.78, 5) is -0.247. The second-order valence-electron chi connectivity index (χ2n) is 5.17. The predicted octanol–water partition coefficient (Wildman–Crippen LogP) is 4.23. The lowest BCUT2D eigenvalue weighted by Gasteiger charge is -2.36. The molecule has 4 heteroatoms. The molecule has 2 rings (SSSR count). The van der Waals surface area contributed by atoms with Gasteiger partial charge in [-0.15, -0.1) is 0 Å². The van der Waals surface area contributed by atoms with Crippen molar-refractivity contribution in [2.45, 2.75) is 30.7 Å². The van der Waals surface area contributed by atoms with Gasteiger partial charge in [-0.2, -0.15) is 0 Å². The van der Waals surface area contributed by atoms with Crippen LogP contribution in [0.25, 0.3) is 0 Å². The van der Waals surface area contributed by atoms with Gasteiger partial charge in [-0.25, -0.2) is 4.39 Å². The fraction of sp³-hybridized carbons (Fsp3) is 0.467. The highest BCUT2D eigenvalue weighted by Gasteiger charge is 2.34. The van der Waals surface area contributed by atoms with Crippen LogP contribution in [0.15, 0.2) is 24.5 Å². The van der Waals surface area contributed by atoms with Gasteiger partial charge in [0.15, 0.2) is 0 Å². The molecule has 0 N–H and O–H groups in total. The zero-order chi connectivity index (χ0) is 14.2. The summed E-state index contributed by atoms with van der Waals surface area (Å²) >= 11 is 3.53. The van der Waals surface area contributed by atoms with Crippen molar-refractivity contribution in [1.82, 2.24) is 0 Å². The molecular weight excluding hydrogens is 311 g/mol. The second-order valence-corrected chi connectivity index (χ2v) is 6.09. The van der Waals surface area contributed by atoms with E-state index in [1.807, 2.05) is 13.8 Å². The summed E-state index contributed by atoms with van der Waals surface area (Å²) in [6.45, 7) is 8.46. The van der Waals surface area contributed by atoms with E-state index in [1.165, 1.54) is 6.07 Å². The normalized spacial score (nSPS) is 18.6. The SMILES string of the molecule is C=C(OC)C(Br)c1cc(F)cc2c1C(C)(C)OCC2. The zero-order valence-corrected chi connectivity index (χ0v) is 13.0. The smallest absolute Gasteiger partial charge is 0.123 e. The number of methoxy groups -OCH3 is 1. The van der Waals surface area contributed by atoms with Gasteiger partial charge in [0.05, 0.1) is 24.1 Å². The van der Waals surface area contributed by atoms with E-state index in [9.17, 15) is 4.39 Å². The molecule has 1 aliphatic rings. The number of allylic oxidation sites excluding steroid dienone is 1. The third-order valence-electron chi connectivity index (χ3n) is 3.47. The van der Waals surface area contributed by atoms with Gasteiger partial charge in [0.1, 0.15) is 11.6 Å². The first-order valence-electron chi connectivity index (χ1n) is 6.20. The van der Waals surface area contributed by atoms with Crippen LogP contribution in [-0.2, 0) is 21.5 Å². The van der Waals surface area contributed by atoms with Gasteiger partial charge in [-0.1, -0.05) is 22.5 Å². The van der Waals surface area contributed by atoms with Crippen LogP contribution in [0.1, 0.15) is 35.4 Å². The van der Waals surface area contributed by atoms with Crippen LogP contribution < -0.4 is 0 Å². The minimum Gasteiger partial charge on any atom is -0.500 e. The van der Waals surface area contributed by atoms with E-state index < -0.39 is 5.60 Å². The number of fused-ring (bicyclic) bond motifs is 1. The molecule has 1 heterocycles. The molecule has 1 aromatic rings. The largest absolute Gasteiger partial charge is 0.500 e. The van der Waals surface area contributed by atoms with Crippen molar-refractivity contribution in [3.05, 3.63) is 47.0 Å². The monoisotopic (exact) mass is 328 g/mol. The maximum Gasteiger partial charge on any atom is 0.123 e. The molecule has 1 unspecified atom stereocenters. The predicted molar refractivity (Wildman–Crippen MR) is 76.9 cm³/mol. The molecule has 104 valence electrons. The third-order valence-corrected chi connectivity index (χ3v) is 4.47. The maximum absolute atomic E-state index is 13.8. The lowest BCUT2D eigenvalue weighted by atomic mass is 9.84. The third kappa shape index (κ3) is 2.70. The van der Waals surface area contributed by atoms with Crippen molar-refractivity contribution >= 4 is 15.9 Å². The Morgan fingerprint density at radius 1 is 1.53 bits per heavy atom. The molecule has 0 aromatic heterocycles. The summed E-state index contributed by atoms with van der Waals surface area (Å²) in [6, 6.07) is 3.12. The second kappa shape index (κ2) is 5.25. The number of ether oxygens (including phenoxy) is 2. The van der Waals surface area contributed by atoms with Crippen LogP contribution >= 0.6 is 15.9 Å². The van der Waals surface area contributed by atoms with E-state index in [2.05, 4.69) is 22.5 Å². The number of hydrogen-bond donors (Lipinski definition) is 0. The van der Waals surface area contributed by atoms with Crippen molar-refractivity contribution < 1.29 is 13.9 Å². The Morgan fingerprint density at radius 3 is 2.84 bits per heavy atom. The van der Waals surface area contributed by atoms with Crippen LogP contribution in [0, 0.1) is 5.82 Å².